The molecule has 0 radical (unpaired) electrons. The van der Waals surface area contributed by atoms with Crippen LogP contribution < -0.4 is 0 Å². The standard InChI is InChI=1S/C14H18N2O4S/c1-10-7-16(8-11(20-10)9-19-2)14-12-5-3-4-6-13(12)21(17,18)15-14/h3-6,10-11H,7-9H2,1-2H3. The molecule has 2 unspecified atom stereocenters. The Labute approximate surface area is 124 Å². The number of amidine groups is 1. The summed E-state index contributed by atoms with van der Waals surface area (Å²) in [5.74, 6) is 0.516. The maximum atomic E-state index is 12.1. The molecular formula is C14H18N2O4S. The van der Waals surface area contributed by atoms with Crippen molar-refractivity contribution in [2.24, 2.45) is 4.40 Å². The molecule has 1 fully saturated rings. The molecule has 2 atom stereocenters. The molecule has 1 aromatic carbocycles. The zero-order valence-electron chi connectivity index (χ0n) is 12.0. The number of morpholine rings is 1. The third-order valence-corrected chi connectivity index (χ3v) is 4.92. The molecule has 0 spiro atoms. The van der Waals surface area contributed by atoms with Gasteiger partial charge in [-0.2, -0.15) is 8.42 Å². The number of sulfonamides is 1. The highest BCUT2D eigenvalue weighted by Crippen LogP contribution is 2.28. The summed E-state index contributed by atoms with van der Waals surface area (Å²) in [6.45, 7) is 3.62. The third-order valence-electron chi connectivity index (χ3n) is 3.59. The van der Waals surface area contributed by atoms with Crippen LogP contribution in [-0.2, 0) is 19.5 Å². The summed E-state index contributed by atoms with van der Waals surface area (Å²) in [5.41, 5.74) is 0.669. The Hall–Kier alpha value is -1.44. The molecule has 2 aliphatic heterocycles. The molecule has 21 heavy (non-hydrogen) atoms. The van der Waals surface area contributed by atoms with E-state index < -0.39 is 10.0 Å². The molecule has 7 heteroatoms. The van der Waals surface area contributed by atoms with Gasteiger partial charge in [0.15, 0.2) is 5.84 Å². The van der Waals surface area contributed by atoms with Gasteiger partial charge in [0.25, 0.3) is 10.0 Å². The second-order valence-electron chi connectivity index (χ2n) is 5.32. The summed E-state index contributed by atoms with van der Waals surface area (Å²) in [4.78, 5) is 2.25. The summed E-state index contributed by atoms with van der Waals surface area (Å²) in [6, 6.07) is 6.93. The molecule has 0 bridgehead atoms. The molecule has 2 heterocycles. The zero-order valence-corrected chi connectivity index (χ0v) is 12.8. The van der Waals surface area contributed by atoms with Crippen LogP contribution in [0.2, 0.25) is 0 Å². The summed E-state index contributed by atoms with van der Waals surface area (Å²) >= 11 is 0. The molecule has 2 aliphatic rings. The van der Waals surface area contributed by atoms with E-state index in [1.54, 1.807) is 25.3 Å². The predicted octanol–water partition coefficient (Wildman–Crippen LogP) is 0.871. The van der Waals surface area contributed by atoms with Gasteiger partial charge in [-0.25, -0.2) is 0 Å². The van der Waals surface area contributed by atoms with Gasteiger partial charge >= 0.3 is 0 Å². The Balaban J connectivity index is 1.94. The molecule has 0 aliphatic carbocycles. The van der Waals surface area contributed by atoms with Crippen molar-refractivity contribution in [3.8, 4) is 0 Å². The van der Waals surface area contributed by atoms with E-state index in [9.17, 15) is 8.42 Å². The zero-order chi connectivity index (χ0) is 15.0. The smallest absolute Gasteiger partial charge is 0.285 e. The van der Waals surface area contributed by atoms with E-state index in [1.807, 2.05) is 17.9 Å². The summed E-state index contributed by atoms with van der Waals surface area (Å²) in [5, 5.41) is 0. The number of methoxy groups -OCH3 is 1. The van der Waals surface area contributed by atoms with Crippen LogP contribution in [0.5, 0.6) is 0 Å². The van der Waals surface area contributed by atoms with E-state index in [0.29, 0.717) is 31.1 Å². The fourth-order valence-electron chi connectivity index (χ4n) is 2.81. The number of rotatable bonds is 2. The fourth-order valence-corrected chi connectivity index (χ4v) is 4.04. The molecule has 6 nitrogen and oxygen atoms in total. The maximum Gasteiger partial charge on any atom is 0.285 e. The van der Waals surface area contributed by atoms with Crippen LogP contribution in [0.1, 0.15) is 12.5 Å². The number of hydrogen-bond donors (Lipinski definition) is 0. The lowest BCUT2D eigenvalue weighted by Gasteiger charge is -2.37. The normalized spacial score (nSPS) is 27.3. The van der Waals surface area contributed by atoms with Gasteiger partial charge < -0.3 is 14.4 Å². The molecule has 114 valence electrons. The van der Waals surface area contributed by atoms with Crippen LogP contribution in [0.15, 0.2) is 33.6 Å². The molecule has 0 N–H and O–H groups in total. The summed E-state index contributed by atoms with van der Waals surface area (Å²) in [7, 11) is -1.95. The number of ether oxygens (including phenoxy) is 2. The average molecular weight is 310 g/mol. The number of benzene rings is 1. The first-order valence-electron chi connectivity index (χ1n) is 6.85. The van der Waals surface area contributed by atoms with Gasteiger partial charge in [-0.05, 0) is 19.1 Å². The van der Waals surface area contributed by atoms with E-state index in [-0.39, 0.29) is 17.1 Å². The van der Waals surface area contributed by atoms with Crippen molar-refractivity contribution in [1.82, 2.24) is 4.90 Å². The maximum absolute atomic E-state index is 12.1. The van der Waals surface area contributed by atoms with E-state index in [0.717, 1.165) is 0 Å². The highest BCUT2D eigenvalue weighted by atomic mass is 32.2. The average Bonchev–Trinajstić information content (AvgIpc) is 2.71. The molecule has 1 aromatic rings. The Morgan fingerprint density at radius 2 is 2.14 bits per heavy atom. The second kappa shape index (κ2) is 5.40. The van der Waals surface area contributed by atoms with Crippen LogP contribution in [-0.4, -0.2) is 58.2 Å². The summed E-state index contributed by atoms with van der Waals surface area (Å²) < 4.78 is 39.1. The van der Waals surface area contributed by atoms with E-state index >= 15 is 0 Å². The van der Waals surface area contributed by atoms with Crippen LogP contribution >= 0.6 is 0 Å². The minimum atomic E-state index is -3.58. The minimum Gasteiger partial charge on any atom is -0.382 e. The predicted molar refractivity (Wildman–Crippen MR) is 77.9 cm³/mol. The first kappa shape index (κ1) is 14.5. The monoisotopic (exact) mass is 310 g/mol. The largest absolute Gasteiger partial charge is 0.382 e. The lowest BCUT2D eigenvalue weighted by Crippen LogP contribution is -2.50. The van der Waals surface area contributed by atoms with Gasteiger partial charge in [0.05, 0.1) is 18.8 Å². The Kier molecular flexibility index (Phi) is 3.73. The minimum absolute atomic E-state index is 0.00272. The Morgan fingerprint density at radius 3 is 2.90 bits per heavy atom. The number of hydrogen-bond acceptors (Lipinski definition) is 5. The molecule has 3 rings (SSSR count). The first-order chi connectivity index (χ1) is 10.0. The lowest BCUT2D eigenvalue weighted by molar-refractivity contribution is -0.0849. The van der Waals surface area contributed by atoms with E-state index in [2.05, 4.69) is 4.40 Å². The van der Waals surface area contributed by atoms with Crippen molar-refractivity contribution in [3.63, 3.8) is 0 Å². The Morgan fingerprint density at radius 1 is 1.38 bits per heavy atom. The number of nitrogens with zero attached hydrogens (tertiary/aromatic N) is 2. The van der Waals surface area contributed by atoms with Crippen molar-refractivity contribution >= 4 is 15.9 Å². The quantitative estimate of drug-likeness (QED) is 0.811. The van der Waals surface area contributed by atoms with Crippen molar-refractivity contribution < 1.29 is 17.9 Å². The SMILES string of the molecule is COCC1CN(C2=NS(=O)(=O)c3ccccc32)CC(C)O1. The molecular weight excluding hydrogens is 292 g/mol. The molecule has 0 aromatic heterocycles. The molecule has 0 amide bonds. The van der Waals surface area contributed by atoms with Crippen LogP contribution in [0.25, 0.3) is 0 Å². The Bertz CT molecular complexity index is 671. The van der Waals surface area contributed by atoms with Gasteiger partial charge in [0.1, 0.15) is 4.90 Å². The van der Waals surface area contributed by atoms with Crippen LogP contribution in [0.3, 0.4) is 0 Å². The van der Waals surface area contributed by atoms with Gasteiger partial charge in [0.2, 0.25) is 0 Å². The highest BCUT2D eigenvalue weighted by Gasteiger charge is 2.35. The second-order valence-corrected chi connectivity index (χ2v) is 6.89. The highest BCUT2D eigenvalue weighted by molar-refractivity contribution is 7.90. The summed E-state index contributed by atoms with van der Waals surface area (Å²) in [6.07, 6.45) is -0.0889. The topological polar surface area (TPSA) is 68.2 Å². The van der Waals surface area contributed by atoms with Gasteiger partial charge in [-0.3, -0.25) is 0 Å². The first-order valence-corrected chi connectivity index (χ1v) is 8.29. The van der Waals surface area contributed by atoms with E-state index in [4.69, 9.17) is 9.47 Å². The van der Waals surface area contributed by atoms with Crippen molar-refractivity contribution in [2.45, 2.75) is 24.0 Å². The van der Waals surface area contributed by atoms with Gasteiger partial charge in [-0.15, -0.1) is 4.40 Å². The van der Waals surface area contributed by atoms with E-state index in [1.165, 1.54) is 0 Å². The third kappa shape index (κ3) is 2.68. The van der Waals surface area contributed by atoms with Crippen LogP contribution in [0, 0.1) is 0 Å². The van der Waals surface area contributed by atoms with Crippen molar-refractivity contribution in [1.29, 1.82) is 0 Å². The lowest BCUT2D eigenvalue weighted by atomic mass is 10.1. The van der Waals surface area contributed by atoms with Crippen LogP contribution in [0.4, 0.5) is 0 Å². The number of fused-ring (bicyclic) bond motifs is 1. The van der Waals surface area contributed by atoms with Gasteiger partial charge in [0, 0.05) is 25.8 Å². The molecule has 1 saturated heterocycles. The van der Waals surface area contributed by atoms with Crippen molar-refractivity contribution in [2.75, 3.05) is 26.8 Å². The van der Waals surface area contributed by atoms with Gasteiger partial charge in [-0.1, -0.05) is 12.1 Å². The molecule has 0 saturated carbocycles. The van der Waals surface area contributed by atoms with Crippen molar-refractivity contribution in [3.05, 3.63) is 29.8 Å². The fraction of sp³-hybridized carbons (Fsp3) is 0.500.